The topological polar surface area (TPSA) is 43.1 Å². The molecule has 1 rings (SSSR count). The Morgan fingerprint density at radius 1 is 1.22 bits per heavy atom. The van der Waals surface area contributed by atoms with Crippen LogP contribution in [-0.2, 0) is 4.79 Å². The summed E-state index contributed by atoms with van der Waals surface area (Å²) in [6.07, 6.45) is 6.16. The van der Waals surface area contributed by atoms with Crippen molar-refractivity contribution in [3.63, 3.8) is 0 Å². The van der Waals surface area contributed by atoms with Gasteiger partial charge in [0.05, 0.1) is 5.54 Å². The normalized spacial score (nSPS) is 25.4. The summed E-state index contributed by atoms with van der Waals surface area (Å²) in [6, 6.07) is 0. The van der Waals surface area contributed by atoms with E-state index in [1.54, 1.807) is 0 Å². The highest BCUT2D eigenvalue weighted by Gasteiger charge is 2.25. The van der Waals surface area contributed by atoms with E-state index in [9.17, 15) is 4.79 Å². The summed E-state index contributed by atoms with van der Waals surface area (Å²) in [4.78, 5) is 10.4. The predicted molar refractivity (Wildman–Crippen MR) is 36.1 cm³/mol. The first-order valence-corrected chi connectivity index (χ1v) is 3.52. The van der Waals surface area contributed by atoms with E-state index in [0.29, 0.717) is 0 Å². The molecule has 0 aliphatic heterocycles. The molecule has 0 aromatic carbocycles. The molecule has 0 unspecified atom stereocenters. The summed E-state index contributed by atoms with van der Waals surface area (Å²) in [5.74, 6) is 0. The summed E-state index contributed by atoms with van der Waals surface area (Å²) < 4.78 is 0. The SMILES string of the molecule is NC1(C=O)CCCCC1. The second-order valence-electron chi connectivity index (χ2n) is 2.91. The summed E-state index contributed by atoms with van der Waals surface area (Å²) in [5, 5.41) is 0. The molecular formula is C7H13NO. The van der Waals surface area contributed by atoms with Crippen LogP contribution in [0.25, 0.3) is 0 Å². The van der Waals surface area contributed by atoms with E-state index >= 15 is 0 Å². The van der Waals surface area contributed by atoms with Crippen molar-refractivity contribution in [2.45, 2.75) is 37.6 Å². The van der Waals surface area contributed by atoms with Gasteiger partial charge in [-0.2, -0.15) is 0 Å². The molecule has 1 saturated carbocycles. The Bertz CT molecular complexity index is 105. The molecule has 2 heteroatoms. The number of carbonyl (C=O) groups excluding carboxylic acids is 1. The predicted octanol–water partition coefficient (Wildman–Crippen LogP) is 0.847. The number of nitrogens with two attached hydrogens (primary N) is 1. The monoisotopic (exact) mass is 127 g/mol. The third-order valence-electron chi connectivity index (χ3n) is 2.02. The van der Waals surface area contributed by atoms with Crippen molar-refractivity contribution in [2.24, 2.45) is 5.73 Å². The molecule has 0 aromatic heterocycles. The van der Waals surface area contributed by atoms with E-state index in [1.165, 1.54) is 6.42 Å². The fraction of sp³-hybridized carbons (Fsp3) is 0.857. The summed E-state index contributed by atoms with van der Waals surface area (Å²) in [5.41, 5.74) is 5.23. The summed E-state index contributed by atoms with van der Waals surface area (Å²) in [7, 11) is 0. The first-order valence-electron chi connectivity index (χ1n) is 3.52. The Balaban J connectivity index is 2.46. The highest BCUT2D eigenvalue weighted by molar-refractivity contribution is 5.63. The molecule has 0 spiro atoms. The van der Waals surface area contributed by atoms with Gasteiger partial charge >= 0.3 is 0 Å². The van der Waals surface area contributed by atoms with Gasteiger partial charge in [-0.15, -0.1) is 0 Å². The lowest BCUT2D eigenvalue weighted by molar-refractivity contribution is -0.113. The Labute approximate surface area is 55.4 Å². The molecule has 0 bridgehead atoms. The minimum absolute atomic E-state index is 0.460. The molecule has 2 nitrogen and oxygen atoms in total. The molecule has 2 N–H and O–H groups in total. The van der Waals surface area contributed by atoms with Gasteiger partial charge in [0.15, 0.2) is 0 Å². The Kier molecular flexibility index (Phi) is 1.86. The number of hydrogen-bond acceptors (Lipinski definition) is 2. The molecule has 9 heavy (non-hydrogen) atoms. The summed E-state index contributed by atoms with van der Waals surface area (Å²) in [6.45, 7) is 0. The van der Waals surface area contributed by atoms with Gasteiger partial charge in [0, 0.05) is 0 Å². The van der Waals surface area contributed by atoms with Crippen LogP contribution in [0.15, 0.2) is 0 Å². The van der Waals surface area contributed by atoms with Crippen LogP contribution < -0.4 is 5.73 Å². The Hall–Kier alpha value is -0.370. The third-order valence-corrected chi connectivity index (χ3v) is 2.02. The van der Waals surface area contributed by atoms with Gasteiger partial charge in [-0.25, -0.2) is 0 Å². The number of rotatable bonds is 1. The molecule has 0 saturated heterocycles. The second kappa shape index (κ2) is 2.48. The second-order valence-corrected chi connectivity index (χ2v) is 2.91. The molecule has 0 amide bonds. The first kappa shape index (κ1) is 6.75. The van der Waals surface area contributed by atoms with Crippen LogP contribution in [0.1, 0.15) is 32.1 Å². The molecule has 52 valence electrons. The number of aldehydes is 1. The molecule has 0 atom stereocenters. The number of carbonyl (C=O) groups is 1. The Morgan fingerprint density at radius 3 is 2.11 bits per heavy atom. The fourth-order valence-corrected chi connectivity index (χ4v) is 1.33. The van der Waals surface area contributed by atoms with Crippen LogP contribution in [0.3, 0.4) is 0 Å². The average Bonchev–Trinajstić information content (AvgIpc) is 1.90. The maximum atomic E-state index is 10.4. The van der Waals surface area contributed by atoms with Gasteiger partial charge in [0.1, 0.15) is 6.29 Å². The van der Waals surface area contributed by atoms with E-state index in [-0.39, 0.29) is 0 Å². The zero-order chi connectivity index (χ0) is 6.74. The first-order chi connectivity index (χ1) is 4.27. The van der Waals surface area contributed by atoms with Gasteiger partial charge < -0.3 is 10.5 Å². The quantitative estimate of drug-likeness (QED) is 0.530. The average molecular weight is 127 g/mol. The maximum absolute atomic E-state index is 10.4. The lowest BCUT2D eigenvalue weighted by atomic mass is 9.84. The van der Waals surface area contributed by atoms with E-state index in [4.69, 9.17) is 5.73 Å². The Morgan fingerprint density at radius 2 is 1.78 bits per heavy atom. The molecule has 0 heterocycles. The van der Waals surface area contributed by atoms with Crippen molar-refractivity contribution >= 4 is 6.29 Å². The maximum Gasteiger partial charge on any atom is 0.139 e. The van der Waals surface area contributed by atoms with Gasteiger partial charge in [0.2, 0.25) is 0 Å². The smallest absolute Gasteiger partial charge is 0.139 e. The van der Waals surface area contributed by atoms with E-state index in [2.05, 4.69) is 0 Å². The number of hydrogen-bond donors (Lipinski definition) is 1. The van der Waals surface area contributed by atoms with Gasteiger partial charge in [0.25, 0.3) is 0 Å². The largest absolute Gasteiger partial charge is 0.319 e. The van der Waals surface area contributed by atoms with Crippen LogP contribution in [0.4, 0.5) is 0 Å². The zero-order valence-corrected chi connectivity index (χ0v) is 5.60. The van der Waals surface area contributed by atoms with Crippen LogP contribution in [0.5, 0.6) is 0 Å². The summed E-state index contributed by atoms with van der Waals surface area (Å²) >= 11 is 0. The minimum Gasteiger partial charge on any atom is -0.319 e. The van der Waals surface area contributed by atoms with Crippen molar-refractivity contribution in [2.75, 3.05) is 0 Å². The van der Waals surface area contributed by atoms with Crippen molar-refractivity contribution in [1.29, 1.82) is 0 Å². The highest BCUT2D eigenvalue weighted by atomic mass is 16.1. The van der Waals surface area contributed by atoms with Crippen LogP contribution in [0.2, 0.25) is 0 Å². The lowest BCUT2D eigenvalue weighted by Crippen LogP contribution is -2.43. The lowest BCUT2D eigenvalue weighted by Gasteiger charge is -2.26. The van der Waals surface area contributed by atoms with Gasteiger partial charge in [-0.1, -0.05) is 19.3 Å². The molecule has 0 radical (unpaired) electrons. The van der Waals surface area contributed by atoms with E-state index < -0.39 is 5.54 Å². The standard InChI is InChI=1S/C7H13NO/c8-7(6-9)4-2-1-3-5-7/h6H,1-5,8H2. The van der Waals surface area contributed by atoms with Gasteiger partial charge in [-0.3, -0.25) is 0 Å². The third kappa shape index (κ3) is 1.52. The fourth-order valence-electron chi connectivity index (χ4n) is 1.33. The zero-order valence-electron chi connectivity index (χ0n) is 5.60. The van der Waals surface area contributed by atoms with Crippen molar-refractivity contribution in [3.8, 4) is 0 Å². The molecular weight excluding hydrogens is 114 g/mol. The van der Waals surface area contributed by atoms with Crippen molar-refractivity contribution in [1.82, 2.24) is 0 Å². The minimum atomic E-state index is -0.460. The van der Waals surface area contributed by atoms with Crippen molar-refractivity contribution in [3.05, 3.63) is 0 Å². The van der Waals surface area contributed by atoms with Crippen LogP contribution in [0, 0.1) is 0 Å². The molecule has 0 aromatic rings. The van der Waals surface area contributed by atoms with E-state index in [0.717, 1.165) is 32.0 Å². The molecule has 1 fully saturated rings. The van der Waals surface area contributed by atoms with Crippen LogP contribution in [-0.4, -0.2) is 11.8 Å². The highest BCUT2D eigenvalue weighted by Crippen LogP contribution is 2.23. The van der Waals surface area contributed by atoms with Crippen molar-refractivity contribution < 1.29 is 4.79 Å². The van der Waals surface area contributed by atoms with Gasteiger partial charge in [-0.05, 0) is 12.8 Å². The molecule has 1 aliphatic rings. The molecule has 1 aliphatic carbocycles. The van der Waals surface area contributed by atoms with Crippen LogP contribution >= 0.6 is 0 Å². The van der Waals surface area contributed by atoms with E-state index in [1.807, 2.05) is 0 Å².